The van der Waals surface area contributed by atoms with Crippen LogP contribution < -0.4 is 11.2 Å². The van der Waals surface area contributed by atoms with Crippen LogP contribution in [-0.4, -0.2) is 9.55 Å². The van der Waals surface area contributed by atoms with Gasteiger partial charge in [-0.3, -0.25) is 14.3 Å². The van der Waals surface area contributed by atoms with Gasteiger partial charge in [-0.2, -0.15) is 0 Å². The second-order valence-electron chi connectivity index (χ2n) is 5.62. The Morgan fingerprint density at radius 1 is 1.17 bits per heavy atom. The Morgan fingerprint density at radius 3 is 2.28 bits per heavy atom. The molecule has 4 nitrogen and oxygen atoms in total. The standard InChI is InChI=1S/C13H19ClN2O2/c1-7-4-8(2)6-10(5-7)16-12(17)9(3)11(14)15-13(16)18/h7-8,10H,4-6H2,1-3H3,(H,15,18). The highest BCUT2D eigenvalue weighted by Crippen LogP contribution is 2.34. The van der Waals surface area contributed by atoms with Crippen LogP contribution in [0.3, 0.4) is 0 Å². The van der Waals surface area contributed by atoms with Gasteiger partial charge in [0.2, 0.25) is 0 Å². The highest BCUT2D eigenvalue weighted by Gasteiger charge is 2.27. The molecule has 1 aliphatic rings. The van der Waals surface area contributed by atoms with E-state index in [2.05, 4.69) is 18.8 Å². The molecule has 1 saturated carbocycles. The molecule has 0 bridgehead atoms. The number of aromatic amines is 1. The second-order valence-corrected chi connectivity index (χ2v) is 5.99. The SMILES string of the molecule is Cc1c(Cl)[nH]c(=O)n(C2CC(C)CC(C)C2)c1=O. The first-order valence-corrected chi connectivity index (χ1v) is 6.78. The molecular weight excluding hydrogens is 252 g/mol. The van der Waals surface area contributed by atoms with Crippen molar-refractivity contribution in [3.8, 4) is 0 Å². The molecule has 1 aromatic rings. The van der Waals surface area contributed by atoms with Crippen molar-refractivity contribution in [2.45, 2.75) is 46.1 Å². The summed E-state index contributed by atoms with van der Waals surface area (Å²) in [5.74, 6) is 1.09. The van der Waals surface area contributed by atoms with Gasteiger partial charge in [-0.1, -0.05) is 25.4 Å². The highest BCUT2D eigenvalue weighted by atomic mass is 35.5. The molecule has 1 aromatic heterocycles. The van der Waals surface area contributed by atoms with E-state index in [4.69, 9.17) is 11.6 Å². The fourth-order valence-electron chi connectivity index (χ4n) is 3.06. The van der Waals surface area contributed by atoms with Gasteiger partial charge in [-0.05, 0) is 38.0 Å². The lowest BCUT2D eigenvalue weighted by atomic mass is 9.80. The molecule has 0 aromatic carbocycles. The number of aromatic nitrogens is 2. The molecule has 2 unspecified atom stereocenters. The molecule has 0 amide bonds. The van der Waals surface area contributed by atoms with Gasteiger partial charge in [-0.15, -0.1) is 0 Å². The third-order valence-electron chi connectivity index (χ3n) is 3.82. The summed E-state index contributed by atoms with van der Waals surface area (Å²) in [6, 6.07) is -0.00373. The smallest absolute Gasteiger partial charge is 0.297 e. The molecule has 1 aliphatic carbocycles. The van der Waals surface area contributed by atoms with E-state index in [-0.39, 0.29) is 22.4 Å². The van der Waals surface area contributed by atoms with Crippen molar-refractivity contribution in [1.82, 2.24) is 9.55 Å². The minimum atomic E-state index is -0.387. The first-order chi connectivity index (χ1) is 8.40. The molecule has 5 heteroatoms. The molecule has 2 rings (SSSR count). The van der Waals surface area contributed by atoms with Crippen LogP contribution in [0.2, 0.25) is 5.15 Å². The minimum absolute atomic E-state index is 0.00373. The molecule has 0 radical (unpaired) electrons. The van der Waals surface area contributed by atoms with E-state index in [1.807, 2.05) is 0 Å². The largest absolute Gasteiger partial charge is 0.329 e. The maximum Gasteiger partial charge on any atom is 0.329 e. The van der Waals surface area contributed by atoms with Gasteiger partial charge in [0.05, 0.1) is 0 Å². The van der Waals surface area contributed by atoms with E-state index in [9.17, 15) is 9.59 Å². The molecule has 1 heterocycles. The van der Waals surface area contributed by atoms with Gasteiger partial charge in [0.15, 0.2) is 0 Å². The fourth-order valence-corrected chi connectivity index (χ4v) is 3.22. The molecule has 1 fully saturated rings. The predicted molar refractivity (Wildman–Crippen MR) is 72.3 cm³/mol. The van der Waals surface area contributed by atoms with Crippen molar-refractivity contribution >= 4 is 11.6 Å². The van der Waals surface area contributed by atoms with Crippen LogP contribution in [0, 0.1) is 18.8 Å². The fraction of sp³-hybridized carbons (Fsp3) is 0.692. The van der Waals surface area contributed by atoms with Gasteiger partial charge in [0.1, 0.15) is 5.15 Å². The highest BCUT2D eigenvalue weighted by molar-refractivity contribution is 6.30. The van der Waals surface area contributed by atoms with Crippen molar-refractivity contribution in [3.05, 3.63) is 31.6 Å². The molecule has 0 aliphatic heterocycles. The molecule has 0 saturated heterocycles. The van der Waals surface area contributed by atoms with E-state index < -0.39 is 0 Å². The molecule has 1 N–H and O–H groups in total. The topological polar surface area (TPSA) is 54.9 Å². The summed E-state index contributed by atoms with van der Waals surface area (Å²) in [7, 11) is 0. The van der Waals surface area contributed by atoms with Gasteiger partial charge in [0.25, 0.3) is 5.56 Å². The summed E-state index contributed by atoms with van der Waals surface area (Å²) >= 11 is 5.82. The van der Waals surface area contributed by atoms with Crippen LogP contribution in [0.5, 0.6) is 0 Å². The minimum Gasteiger partial charge on any atom is -0.297 e. The Balaban J connectivity index is 2.48. The maximum atomic E-state index is 12.2. The van der Waals surface area contributed by atoms with Crippen molar-refractivity contribution in [1.29, 1.82) is 0 Å². The van der Waals surface area contributed by atoms with Crippen LogP contribution >= 0.6 is 11.6 Å². The van der Waals surface area contributed by atoms with Crippen molar-refractivity contribution < 1.29 is 0 Å². The van der Waals surface area contributed by atoms with E-state index in [1.165, 1.54) is 4.57 Å². The van der Waals surface area contributed by atoms with Crippen LogP contribution in [0.1, 0.15) is 44.7 Å². The molecule has 0 spiro atoms. The Hall–Kier alpha value is -1.03. The van der Waals surface area contributed by atoms with Gasteiger partial charge in [0, 0.05) is 11.6 Å². The second kappa shape index (κ2) is 4.92. The molecule has 100 valence electrons. The van der Waals surface area contributed by atoms with E-state index in [0.29, 0.717) is 17.4 Å². The van der Waals surface area contributed by atoms with E-state index >= 15 is 0 Å². The number of hydrogen-bond donors (Lipinski definition) is 1. The number of nitrogens with zero attached hydrogens (tertiary/aromatic N) is 1. The number of hydrogen-bond acceptors (Lipinski definition) is 2. The molecule has 18 heavy (non-hydrogen) atoms. The average Bonchev–Trinajstić information content (AvgIpc) is 2.24. The lowest BCUT2D eigenvalue weighted by molar-refractivity contribution is 0.213. The van der Waals surface area contributed by atoms with Crippen molar-refractivity contribution in [3.63, 3.8) is 0 Å². The van der Waals surface area contributed by atoms with E-state index in [0.717, 1.165) is 19.3 Å². The zero-order chi connectivity index (χ0) is 13.4. The van der Waals surface area contributed by atoms with Crippen LogP contribution in [0.15, 0.2) is 9.59 Å². The summed E-state index contributed by atoms with van der Waals surface area (Å²) in [6.45, 7) is 5.99. The average molecular weight is 271 g/mol. The van der Waals surface area contributed by atoms with Crippen molar-refractivity contribution in [2.24, 2.45) is 11.8 Å². The van der Waals surface area contributed by atoms with E-state index in [1.54, 1.807) is 6.92 Å². The summed E-state index contributed by atoms with van der Waals surface area (Å²) in [6.07, 6.45) is 2.93. The summed E-state index contributed by atoms with van der Waals surface area (Å²) in [4.78, 5) is 26.7. The predicted octanol–water partition coefficient (Wildman–Crippen LogP) is 2.50. The summed E-state index contributed by atoms with van der Waals surface area (Å²) in [5.41, 5.74) is -0.223. The Kier molecular flexibility index (Phi) is 3.66. The summed E-state index contributed by atoms with van der Waals surface area (Å²) in [5, 5.41) is 0.151. The molecular formula is C13H19ClN2O2. The number of nitrogens with one attached hydrogen (secondary N) is 1. The van der Waals surface area contributed by atoms with Gasteiger partial charge >= 0.3 is 5.69 Å². The van der Waals surface area contributed by atoms with Crippen LogP contribution in [0.25, 0.3) is 0 Å². The third kappa shape index (κ3) is 2.39. The monoisotopic (exact) mass is 270 g/mol. The zero-order valence-electron chi connectivity index (χ0n) is 11.0. The number of halogens is 1. The Morgan fingerprint density at radius 2 is 1.72 bits per heavy atom. The zero-order valence-corrected chi connectivity index (χ0v) is 11.8. The van der Waals surface area contributed by atoms with Crippen molar-refractivity contribution in [2.75, 3.05) is 0 Å². The van der Waals surface area contributed by atoms with Gasteiger partial charge < -0.3 is 0 Å². The third-order valence-corrected chi connectivity index (χ3v) is 4.20. The number of rotatable bonds is 1. The Labute approximate surface area is 111 Å². The first-order valence-electron chi connectivity index (χ1n) is 6.41. The lowest BCUT2D eigenvalue weighted by Crippen LogP contribution is -2.41. The lowest BCUT2D eigenvalue weighted by Gasteiger charge is -2.32. The van der Waals surface area contributed by atoms with Gasteiger partial charge in [-0.25, -0.2) is 4.79 Å². The maximum absolute atomic E-state index is 12.2. The Bertz CT molecular complexity index is 551. The quantitative estimate of drug-likeness (QED) is 0.797. The van der Waals surface area contributed by atoms with Crippen LogP contribution in [-0.2, 0) is 0 Å². The summed E-state index contributed by atoms with van der Waals surface area (Å²) < 4.78 is 1.35. The number of H-pyrrole nitrogens is 1. The molecule has 2 atom stereocenters. The van der Waals surface area contributed by atoms with Crippen LogP contribution in [0.4, 0.5) is 0 Å². The normalized spacial score (nSPS) is 28.3. The first kappa shape index (κ1) is 13.4.